The van der Waals surface area contributed by atoms with Gasteiger partial charge in [0, 0.05) is 12.2 Å². The Morgan fingerprint density at radius 2 is 2.14 bits per heavy atom. The standard InChI is InChI=1S/C22H25BrN2O3S/c1-2-27-19(26)14-28-21-18(12-24)29-22(20(21)23)16-9-6-10-17(11-16)25-13-15-7-4-3-5-8-15/h6,9-11,15,25H,2-5,7-8,13-14H2,1H3. The third kappa shape index (κ3) is 5.74. The van der Waals surface area contributed by atoms with Crippen LogP contribution >= 0.6 is 27.3 Å². The zero-order valence-corrected chi connectivity index (χ0v) is 18.9. The van der Waals surface area contributed by atoms with Crippen molar-refractivity contribution in [3.05, 3.63) is 33.6 Å². The molecule has 0 atom stereocenters. The van der Waals surface area contributed by atoms with Gasteiger partial charge < -0.3 is 14.8 Å². The SMILES string of the molecule is CCOC(=O)COc1c(C#N)sc(-c2cccc(NCC3CCCCC3)c2)c1Br. The number of thiophene rings is 1. The van der Waals surface area contributed by atoms with E-state index in [1.165, 1.54) is 43.4 Å². The Hall–Kier alpha value is -2.04. The van der Waals surface area contributed by atoms with Crippen molar-refractivity contribution < 1.29 is 14.3 Å². The van der Waals surface area contributed by atoms with Crippen molar-refractivity contribution in [1.29, 1.82) is 5.26 Å². The molecule has 2 aromatic rings. The maximum atomic E-state index is 11.6. The molecule has 154 valence electrons. The van der Waals surface area contributed by atoms with Crippen LogP contribution < -0.4 is 10.1 Å². The largest absolute Gasteiger partial charge is 0.478 e. The summed E-state index contributed by atoms with van der Waals surface area (Å²) in [5.41, 5.74) is 2.07. The molecule has 0 saturated heterocycles. The third-order valence-corrected chi connectivity index (χ3v) is 7.14. The molecule has 0 unspecified atom stereocenters. The summed E-state index contributed by atoms with van der Waals surface area (Å²) >= 11 is 4.90. The summed E-state index contributed by atoms with van der Waals surface area (Å²) in [6.45, 7) is 2.81. The molecule has 0 aliphatic heterocycles. The van der Waals surface area contributed by atoms with Crippen molar-refractivity contribution in [3.63, 3.8) is 0 Å². The number of nitrogens with zero attached hydrogens (tertiary/aromatic N) is 1. The summed E-state index contributed by atoms with van der Waals surface area (Å²) < 4.78 is 11.2. The third-order valence-electron chi connectivity index (χ3n) is 4.99. The number of carbonyl (C=O) groups is 1. The molecule has 1 saturated carbocycles. The highest BCUT2D eigenvalue weighted by atomic mass is 79.9. The fourth-order valence-corrected chi connectivity index (χ4v) is 5.39. The summed E-state index contributed by atoms with van der Waals surface area (Å²) in [6.07, 6.45) is 6.63. The first-order chi connectivity index (χ1) is 14.1. The number of benzene rings is 1. The lowest BCUT2D eigenvalue weighted by atomic mass is 9.89. The number of hydrogen-bond donors (Lipinski definition) is 1. The average Bonchev–Trinajstić information content (AvgIpc) is 3.07. The van der Waals surface area contributed by atoms with E-state index in [1.54, 1.807) is 6.92 Å². The first kappa shape index (κ1) is 21.7. The maximum Gasteiger partial charge on any atom is 0.344 e. The highest BCUT2D eigenvalue weighted by Gasteiger charge is 2.20. The van der Waals surface area contributed by atoms with E-state index >= 15 is 0 Å². The van der Waals surface area contributed by atoms with Crippen LogP contribution in [0.2, 0.25) is 0 Å². The minimum Gasteiger partial charge on any atom is -0.478 e. The second-order valence-electron chi connectivity index (χ2n) is 7.07. The van der Waals surface area contributed by atoms with Crippen molar-refractivity contribution in [2.75, 3.05) is 25.1 Å². The topological polar surface area (TPSA) is 71.3 Å². The minimum absolute atomic E-state index is 0.222. The summed E-state index contributed by atoms with van der Waals surface area (Å²) in [5, 5.41) is 13.1. The average molecular weight is 477 g/mol. The molecule has 1 aliphatic rings. The van der Waals surface area contributed by atoms with Crippen LogP contribution in [0.1, 0.15) is 43.9 Å². The van der Waals surface area contributed by atoms with Gasteiger partial charge in [-0.1, -0.05) is 31.4 Å². The van der Waals surface area contributed by atoms with E-state index in [0.717, 1.165) is 28.6 Å². The van der Waals surface area contributed by atoms with Gasteiger partial charge in [-0.3, -0.25) is 0 Å². The predicted molar refractivity (Wildman–Crippen MR) is 119 cm³/mol. The van der Waals surface area contributed by atoms with Gasteiger partial charge in [0.1, 0.15) is 10.9 Å². The van der Waals surface area contributed by atoms with Gasteiger partial charge >= 0.3 is 5.97 Å². The number of rotatable bonds is 8. The molecular formula is C22H25BrN2O3S. The highest BCUT2D eigenvalue weighted by Crippen LogP contribution is 2.45. The molecule has 7 heteroatoms. The number of nitriles is 1. The quantitative estimate of drug-likeness (QED) is 0.474. The van der Waals surface area contributed by atoms with Crippen molar-refractivity contribution in [3.8, 4) is 22.3 Å². The monoisotopic (exact) mass is 476 g/mol. The molecule has 1 heterocycles. The number of nitrogens with one attached hydrogen (secondary N) is 1. The summed E-state index contributed by atoms with van der Waals surface area (Å²) in [4.78, 5) is 12.9. The smallest absolute Gasteiger partial charge is 0.344 e. The van der Waals surface area contributed by atoms with E-state index in [-0.39, 0.29) is 6.61 Å². The molecule has 1 aromatic heterocycles. The lowest BCUT2D eigenvalue weighted by Crippen LogP contribution is -2.17. The molecular weight excluding hydrogens is 452 g/mol. The summed E-state index contributed by atoms with van der Waals surface area (Å²) in [6, 6.07) is 10.3. The fourth-order valence-electron chi connectivity index (χ4n) is 3.54. The molecule has 1 aromatic carbocycles. The lowest BCUT2D eigenvalue weighted by molar-refractivity contribution is -0.145. The van der Waals surface area contributed by atoms with Gasteiger partial charge in [-0.05, 0) is 59.3 Å². The van der Waals surface area contributed by atoms with Gasteiger partial charge in [0.2, 0.25) is 0 Å². The van der Waals surface area contributed by atoms with E-state index < -0.39 is 5.97 Å². The van der Waals surface area contributed by atoms with E-state index in [4.69, 9.17) is 9.47 Å². The molecule has 0 bridgehead atoms. The van der Waals surface area contributed by atoms with Crippen LogP contribution in [0, 0.1) is 17.2 Å². The number of halogens is 1. The van der Waals surface area contributed by atoms with E-state index in [1.807, 2.05) is 12.1 Å². The zero-order chi connectivity index (χ0) is 20.6. The van der Waals surface area contributed by atoms with Crippen LogP contribution in [-0.4, -0.2) is 25.7 Å². The molecule has 0 spiro atoms. The normalized spacial score (nSPS) is 14.2. The Morgan fingerprint density at radius 1 is 1.34 bits per heavy atom. The van der Waals surface area contributed by atoms with Gasteiger partial charge in [0.05, 0.1) is 16.0 Å². The van der Waals surface area contributed by atoms with Gasteiger partial charge in [0.15, 0.2) is 12.4 Å². The summed E-state index contributed by atoms with van der Waals surface area (Å²) in [5.74, 6) is 0.681. The number of esters is 1. The van der Waals surface area contributed by atoms with Crippen molar-refractivity contribution in [1.82, 2.24) is 0 Å². The van der Waals surface area contributed by atoms with Crippen LogP contribution in [0.5, 0.6) is 5.75 Å². The van der Waals surface area contributed by atoms with Crippen LogP contribution in [0.4, 0.5) is 5.69 Å². The molecule has 5 nitrogen and oxygen atoms in total. The van der Waals surface area contributed by atoms with Gasteiger partial charge in [-0.2, -0.15) is 5.26 Å². The van der Waals surface area contributed by atoms with Crippen molar-refractivity contribution >= 4 is 38.9 Å². The first-order valence-corrected chi connectivity index (χ1v) is 11.6. The van der Waals surface area contributed by atoms with E-state index in [2.05, 4.69) is 39.4 Å². The Morgan fingerprint density at radius 3 is 2.86 bits per heavy atom. The Balaban J connectivity index is 1.74. The van der Waals surface area contributed by atoms with Crippen molar-refractivity contribution in [2.24, 2.45) is 5.92 Å². The lowest BCUT2D eigenvalue weighted by Gasteiger charge is -2.22. The second kappa shape index (κ2) is 10.7. The number of anilines is 1. The molecule has 0 radical (unpaired) electrons. The van der Waals surface area contributed by atoms with Crippen LogP contribution in [-0.2, 0) is 9.53 Å². The predicted octanol–water partition coefficient (Wildman–Crippen LogP) is 5.98. The van der Waals surface area contributed by atoms with Crippen LogP contribution in [0.3, 0.4) is 0 Å². The van der Waals surface area contributed by atoms with E-state index in [0.29, 0.717) is 21.7 Å². The Kier molecular flexibility index (Phi) is 7.96. The molecule has 29 heavy (non-hydrogen) atoms. The number of ether oxygens (including phenoxy) is 2. The summed E-state index contributed by atoms with van der Waals surface area (Å²) in [7, 11) is 0. The molecule has 0 amide bonds. The number of hydrogen-bond acceptors (Lipinski definition) is 6. The molecule has 1 N–H and O–H groups in total. The van der Waals surface area contributed by atoms with Crippen molar-refractivity contribution in [2.45, 2.75) is 39.0 Å². The first-order valence-electron chi connectivity index (χ1n) is 9.97. The van der Waals surface area contributed by atoms with E-state index in [9.17, 15) is 10.1 Å². The van der Waals surface area contributed by atoms with Crippen LogP contribution in [0.15, 0.2) is 28.7 Å². The zero-order valence-electron chi connectivity index (χ0n) is 16.5. The maximum absolute atomic E-state index is 11.6. The van der Waals surface area contributed by atoms with Gasteiger partial charge in [0.25, 0.3) is 0 Å². The fraction of sp³-hybridized carbons (Fsp3) is 0.455. The van der Waals surface area contributed by atoms with Gasteiger partial charge in [-0.25, -0.2) is 4.79 Å². The minimum atomic E-state index is -0.454. The second-order valence-corrected chi connectivity index (χ2v) is 8.89. The van der Waals surface area contributed by atoms with Gasteiger partial charge in [-0.15, -0.1) is 11.3 Å². The molecule has 3 rings (SSSR count). The number of carbonyl (C=O) groups excluding carboxylic acids is 1. The molecule has 1 aliphatic carbocycles. The highest BCUT2D eigenvalue weighted by molar-refractivity contribution is 9.10. The Bertz CT molecular complexity index is 885. The Labute approximate surface area is 184 Å². The molecule has 1 fully saturated rings. The van der Waals surface area contributed by atoms with Crippen LogP contribution in [0.25, 0.3) is 10.4 Å².